The van der Waals surface area contributed by atoms with Crippen molar-refractivity contribution < 1.29 is 27.8 Å². The number of carboxylic acids is 1. The molecule has 186 valence electrons. The molecule has 0 bridgehead atoms. The van der Waals surface area contributed by atoms with Gasteiger partial charge in [0.15, 0.2) is 0 Å². The lowest BCUT2D eigenvalue weighted by molar-refractivity contribution is -0.141. The van der Waals surface area contributed by atoms with Crippen LogP contribution in [0.3, 0.4) is 0 Å². The molecule has 2 aromatic carbocycles. The Labute approximate surface area is 207 Å². The molecular weight excluding hydrogens is 477 g/mol. The number of fused-ring (bicyclic) bond motifs is 1. The van der Waals surface area contributed by atoms with Crippen LogP contribution in [-0.4, -0.2) is 27.2 Å². The Morgan fingerprint density at radius 2 is 1.89 bits per heavy atom. The lowest BCUT2D eigenvalue weighted by Crippen LogP contribution is -2.23. The molecule has 0 aliphatic heterocycles. The fourth-order valence-corrected chi connectivity index (χ4v) is 4.03. The molecule has 0 aliphatic rings. The monoisotopic (exact) mass is 504 g/mol. The molecule has 0 spiro atoms. The number of nitrogens with one attached hydrogen (secondary N) is 1. The standard InChI is InChI=1S/C26H27F3N2O3S/c1-3-5-20(30-24(35)17-6-8-19(9-7-17)26(27,28)29)13-15-34-21-10-11-23-18(16-21)12-14-31(23)22(4-2)25(32)33/h5-12,14,16,22H,3-4,13,15H2,1-2H3,(H,30,35)(H,32,33)/b20-5+. The number of aromatic nitrogens is 1. The molecule has 2 N–H and O–H groups in total. The van der Waals surface area contributed by atoms with E-state index in [0.29, 0.717) is 35.7 Å². The maximum absolute atomic E-state index is 12.8. The van der Waals surface area contributed by atoms with E-state index in [1.54, 1.807) is 16.8 Å². The van der Waals surface area contributed by atoms with Crippen LogP contribution in [0.15, 0.2) is 66.5 Å². The van der Waals surface area contributed by atoms with Gasteiger partial charge in [-0.15, -0.1) is 0 Å². The lowest BCUT2D eigenvalue weighted by atomic mass is 10.1. The van der Waals surface area contributed by atoms with Crippen molar-refractivity contribution >= 4 is 34.1 Å². The summed E-state index contributed by atoms with van der Waals surface area (Å²) in [6.45, 7) is 4.16. The zero-order chi connectivity index (χ0) is 25.6. The summed E-state index contributed by atoms with van der Waals surface area (Å²) >= 11 is 5.38. The number of allylic oxidation sites excluding steroid dienone is 1. The van der Waals surface area contributed by atoms with Crippen molar-refractivity contribution in [3.05, 3.63) is 77.6 Å². The van der Waals surface area contributed by atoms with Crippen LogP contribution in [0, 0.1) is 0 Å². The third kappa shape index (κ3) is 6.63. The van der Waals surface area contributed by atoms with Gasteiger partial charge in [0.2, 0.25) is 0 Å². The summed E-state index contributed by atoms with van der Waals surface area (Å²) in [5, 5.41) is 13.4. The molecular formula is C26H27F3N2O3S. The van der Waals surface area contributed by atoms with Crippen LogP contribution in [0.1, 0.15) is 50.3 Å². The summed E-state index contributed by atoms with van der Waals surface area (Å²) in [4.78, 5) is 11.8. The number of nitrogens with zero attached hydrogens (tertiary/aromatic N) is 1. The highest BCUT2D eigenvalue weighted by Crippen LogP contribution is 2.29. The van der Waals surface area contributed by atoms with E-state index < -0.39 is 23.8 Å². The summed E-state index contributed by atoms with van der Waals surface area (Å²) in [6.07, 6.45) is 1.08. The first-order valence-corrected chi connectivity index (χ1v) is 11.7. The quantitative estimate of drug-likeness (QED) is 0.300. The number of ether oxygens (including phenoxy) is 1. The number of benzene rings is 2. The topological polar surface area (TPSA) is 63.5 Å². The lowest BCUT2D eigenvalue weighted by Gasteiger charge is -2.15. The molecule has 35 heavy (non-hydrogen) atoms. The Morgan fingerprint density at radius 3 is 2.49 bits per heavy atom. The third-order valence-electron chi connectivity index (χ3n) is 5.54. The molecule has 9 heteroatoms. The van der Waals surface area contributed by atoms with E-state index in [2.05, 4.69) is 5.32 Å². The van der Waals surface area contributed by atoms with Crippen LogP contribution in [0.4, 0.5) is 13.2 Å². The van der Waals surface area contributed by atoms with Gasteiger partial charge in [0.05, 0.1) is 12.2 Å². The van der Waals surface area contributed by atoms with Crippen molar-refractivity contribution in [2.45, 2.75) is 45.3 Å². The van der Waals surface area contributed by atoms with Gasteiger partial charge >= 0.3 is 12.1 Å². The van der Waals surface area contributed by atoms with E-state index >= 15 is 0 Å². The van der Waals surface area contributed by atoms with E-state index in [1.165, 1.54) is 12.1 Å². The van der Waals surface area contributed by atoms with Crippen molar-refractivity contribution in [3.8, 4) is 5.75 Å². The second-order valence-corrected chi connectivity index (χ2v) is 8.38. The average molecular weight is 505 g/mol. The number of rotatable bonds is 10. The van der Waals surface area contributed by atoms with Crippen molar-refractivity contribution in [1.29, 1.82) is 0 Å². The summed E-state index contributed by atoms with van der Waals surface area (Å²) in [7, 11) is 0. The van der Waals surface area contributed by atoms with Gasteiger partial charge in [0.25, 0.3) is 0 Å². The molecule has 5 nitrogen and oxygen atoms in total. The molecule has 1 heterocycles. The average Bonchev–Trinajstić information content (AvgIpc) is 3.22. The Bertz CT molecular complexity index is 1220. The molecule has 0 radical (unpaired) electrons. The number of hydrogen-bond donors (Lipinski definition) is 2. The van der Waals surface area contributed by atoms with Crippen molar-refractivity contribution in [3.63, 3.8) is 0 Å². The normalized spacial score (nSPS) is 13.0. The van der Waals surface area contributed by atoms with Crippen LogP contribution in [0.5, 0.6) is 5.75 Å². The van der Waals surface area contributed by atoms with E-state index in [4.69, 9.17) is 17.0 Å². The first-order chi connectivity index (χ1) is 16.6. The molecule has 0 saturated heterocycles. The smallest absolute Gasteiger partial charge is 0.416 e. The molecule has 0 aliphatic carbocycles. The van der Waals surface area contributed by atoms with Crippen LogP contribution in [0.25, 0.3) is 10.9 Å². The fourth-order valence-electron chi connectivity index (χ4n) is 3.76. The Hall–Kier alpha value is -3.33. The first kappa shape index (κ1) is 26.3. The fraction of sp³-hybridized carbons (Fsp3) is 0.308. The van der Waals surface area contributed by atoms with E-state index in [-0.39, 0.29) is 0 Å². The number of hydrogen-bond acceptors (Lipinski definition) is 3. The number of carbonyl (C=O) groups is 1. The zero-order valence-electron chi connectivity index (χ0n) is 19.4. The summed E-state index contributed by atoms with van der Waals surface area (Å²) in [6, 6.07) is 11.5. The van der Waals surface area contributed by atoms with Gasteiger partial charge in [-0.1, -0.05) is 44.3 Å². The highest BCUT2D eigenvalue weighted by atomic mass is 32.1. The minimum absolute atomic E-state index is 0.338. The van der Waals surface area contributed by atoms with Gasteiger partial charge < -0.3 is 19.7 Å². The van der Waals surface area contributed by atoms with Crippen LogP contribution in [0.2, 0.25) is 0 Å². The minimum atomic E-state index is -4.39. The van der Waals surface area contributed by atoms with E-state index in [9.17, 15) is 23.1 Å². The van der Waals surface area contributed by atoms with Crippen molar-refractivity contribution in [1.82, 2.24) is 9.88 Å². The first-order valence-electron chi connectivity index (χ1n) is 11.3. The summed E-state index contributed by atoms with van der Waals surface area (Å²) < 4.78 is 46.0. The molecule has 0 saturated carbocycles. The minimum Gasteiger partial charge on any atom is -0.493 e. The van der Waals surface area contributed by atoms with Crippen molar-refractivity contribution in [2.75, 3.05) is 6.61 Å². The second-order valence-electron chi connectivity index (χ2n) is 7.97. The predicted octanol–water partition coefficient (Wildman–Crippen LogP) is 6.72. The third-order valence-corrected chi connectivity index (χ3v) is 5.88. The molecule has 0 amide bonds. The Morgan fingerprint density at radius 1 is 1.17 bits per heavy atom. The van der Waals surface area contributed by atoms with Crippen LogP contribution in [-0.2, 0) is 11.0 Å². The molecule has 1 aromatic heterocycles. The summed E-state index contributed by atoms with van der Waals surface area (Å²) in [5.41, 5.74) is 1.42. The molecule has 3 rings (SSSR count). The van der Waals surface area contributed by atoms with Crippen LogP contribution >= 0.6 is 12.2 Å². The number of halogens is 3. The number of thiocarbonyl (C=S) groups is 1. The second kappa shape index (κ2) is 11.4. The predicted molar refractivity (Wildman–Crippen MR) is 134 cm³/mol. The highest BCUT2D eigenvalue weighted by molar-refractivity contribution is 7.80. The van der Waals surface area contributed by atoms with Crippen LogP contribution < -0.4 is 10.1 Å². The largest absolute Gasteiger partial charge is 0.493 e. The molecule has 0 fully saturated rings. The summed E-state index contributed by atoms with van der Waals surface area (Å²) in [5.74, 6) is -0.220. The van der Waals surface area contributed by atoms with Gasteiger partial charge in [-0.05, 0) is 49.2 Å². The molecule has 1 unspecified atom stereocenters. The van der Waals surface area contributed by atoms with Crippen molar-refractivity contribution in [2.24, 2.45) is 0 Å². The highest BCUT2D eigenvalue weighted by Gasteiger charge is 2.30. The van der Waals surface area contributed by atoms with E-state index in [1.807, 2.05) is 38.1 Å². The molecule has 1 atom stereocenters. The Kier molecular flexibility index (Phi) is 8.56. The van der Waals surface area contributed by atoms with E-state index in [0.717, 1.165) is 35.2 Å². The van der Waals surface area contributed by atoms with Gasteiger partial charge in [-0.2, -0.15) is 13.2 Å². The van der Waals surface area contributed by atoms with Gasteiger partial charge in [-0.25, -0.2) is 4.79 Å². The number of alkyl halides is 3. The zero-order valence-corrected chi connectivity index (χ0v) is 20.2. The van der Waals surface area contributed by atoms with Gasteiger partial charge in [0, 0.05) is 34.8 Å². The maximum atomic E-state index is 12.8. The van der Waals surface area contributed by atoms with Gasteiger partial charge in [-0.3, -0.25) is 0 Å². The van der Waals surface area contributed by atoms with Gasteiger partial charge in [0.1, 0.15) is 16.8 Å². The number of aliphatic carboxylic acids is 1. The maximum Gasteiger partial charge on any atom is 0.416 e. The Balaban J connectivity index is 1.61. The molecule has 3 aromatic rings. The SMILES string of the molecule is CC/C=C(\CCOc1ccc2c(ccn2C(CC)C(=O)O)c1)NC(=S)c1ccc(C(F)(F)F)cc1. The number of carboxylic acid groups (broad SMARTS) is 1.